The Labute approximate surface area is 152 Å². The van der Waals surface area contributed by atoms with E-state index in [0.717, 1.165) is 21.0 Å². The Bertz CT molecular complexity index is 559. The van der Waals surface area contributed by atoms with Crippen molar-refractivity contribution in [3.05, 3.63) is 33.4 Å². The maximum Gasteiger partial charge on any atom is 0.306 e. The molecule has 23 heavy (non-hydrogen) atoms. The average molecular weight is 428 g/mol. The molecular weight excluding hydrogens is 403 g/mol. The highest BCUT2D eigenvalue weighted by Gasteiger charge is 2.40. The molecule has 0 aromatic heterocycles. The first-order valence-electron chi connectivity index (χ1n) is 8.55. The third-order valence-corrected chi connectivity index (χ3v) is 6.51. The molecule has 0 radical (unpaired) electrons. The summed E-state index contributed by atoms with van der Waals surface area (Å²) in [5.74, 6) is 2.11. The highest BCUT2D eigenvalue weighted by atomic mass is 127. The summed E-state index contributed by atoms with van der Waals surface area (Å²) in [6, 6.07) is 8.08. The van der Waals surface area contributed by atoms with Gasteiger partial charge in [-0.15, -0.1) is 0 Å². The summed E-state index contributed by atoms with van der Waals surface area (Å²) < 4.78 is 12.5. The van der Waals surface area contributed by atoms with Crippen LogP contribution in [0.1, 0.15) is 50.7 Å². The molecule has 0 heterocycles. The van der Waals surface area contributed by atoms with Gasteiger partial charge in [-0.25, -0.2) is 0 Å². The van der Waals surface area contributed by atoms with E-state index in [1.807, 2.05) is 31.2 Å². The number of halogens is 1. The molecule has 3 nitrogen and oxygen atoms in total. The molecule has 1 aromatic rings. The SMILES string of the molecule is CO[C@@H](c1ccccc1I)[C@H](C)OC(=O)CC1CC2CCC1C2. The number of hydrogen-bond donors (Lipinski definition) is 0. The van der Waals surface area contributed by atoms with E-state index in [9.17, 15) is 4.79 Å². The number of rotatable bonds is 6. The number of carbonyl (C=O) groups is 1. The maximum absolute atomic E-state index is 12.3. The lowest BCUT2D eigenvalue weighted by Crippen LogP contribution is -2.26. The summed E-state index contributed by atoms with van der Waals surface area (Å²) in [4.78, 5) is 12.3. The van der Waals surface area contributed by atoms with Gasteiger partial charge in [0.2, 0.25) is 0 Å². The zero-order valence-electron chi connectivity index (χ0n) is 13.8. The third kappa shape index (κ3) is 3.90. The molecule has 2 aliphatic carbocycles. The number of fused-ring (bicyclic) bond motifs is 2. The van der Waals surface area contributed by atoms with Crippen LogP contribution in [-0.4, -0.2) is 19.2 Å². The minimum absolute atomic E-state index is 0.0666. The number of methoxy groups -OCH3 is 1. The Morgan fingerprint density at radius 3 is 2.70 bits per heavy atom. The minimum atomic E-state index is -0.276. The summed E-state index contributed by atoms with van der Waals surface area (Å²) in [6.07, 6.45) is 5.31. The van der Waals surface area contributed by atoms with Crippen LogP contribution in [0.5, 0.6) is 0 Å². The van der Waals surface area contributed by atoms with E-state index in [-0.39, 0.29) is 18.2 Å². The molecule has 2 bridgehead atoms. The van der Waals surface area contributed by atoms with Crippen LogP contribution in [0.2, 0.25) is 0 Å². The van der Waals surface area contributed by atoms with E-state index >= 15 is 0 Å². The summed E-state index contributed by atoms with van der Waals surface area (Å²) in [5.41, 5.74) is 1.08. The van der Waals surface area contributed by atoms with Gasteiger partial charge in [0, 0.05) is 17.1 Å². The van der Waals surface area contributed by atoms with Gasteiger partial charge in [-0.05, 0) is 78.2 Å². The van der Waals surface area contributed by atoms with Gasteiger partial charge in [-0.2, -0.15) is 0 Å². The minimum Gasteiger partial charge on any atom is -0.460 e. The lowest BCUT2D eigenvalue weighted by molar-refractivity contribution is -0.156. The largest absolute Gasteiger partial charge is 0.460 e. The van der Waals surface area contributed by atoms with Crippen LogP contribution in [0.15, 0.2) is 24.3 Å². The van der Waals surface area contributed by atoms with Gasteiger partial charge in [-0.3, -0.25) is 4.79 Å². The average Bonchev–Trinajstić information content (AvgIpc) is 3.12. The van der Waals surface area contributed by atoms with E-state index in [4.69, 9.17) is 9.47 Å². The molecule has 1 aromatic carbocycles. The topological polar surface area (TPSA) is 35.5 Å². The molecule has 3 rings (SSSR count). The summed E-state index contributed by atoms with van der Waals surface area (Å²) in [5, 5.41) is 0. The number of carbonyl (C=O) groups excluding carboxylic acids is 1. The fraction of sp³-hybridized carbons (Fsp3) is 0.632. The number of ether oxygens (including phenoxy) is 2. The maximum atomic E-state index is 12.3. The predicted molar refractivity (Wildman–Crippen MR) is 98.0 cm³/mol. The van der Waals surface area contributed by atoms with E-state index in [2.05, 4.69) is 22.6 Å². The van der Waals surface area contributed by atoms with Crippen molar-refractivity contribution < 1.29 is 14.3 Å². The van der Waals surface area contributed by atoms with E-state index < -0.39 is 0 Å². The summed E-state index contributed by atoms with van der Waals surface area (Å²) in [6.45, 7) is 1.93. The first-order chi connectivity index (χ1) is 11.1. The van der Waals surface area contributed by atoms with Crippen LogP contribution in [0.4, 0.5) is 0 Å². The lowest BCUT2D eigenvalue weighted by atomic mass is 9.86. The zero-order valence-corrected chi connectivity index (χ0v) is 16.0. The number of hydrogen-bond acceptors (Lipinski definition) is 3. The van der Waals surface area contributed by atoms with Crippen LogP contribution < -0.4 is 0 Å². The van der Waals surface area contributed by atoms with Crippen molar-refractivity contribution in [2.24, 2.45) is 17.8 Å². The molecule has 2 saturated carbocycles. The summed E-state index contributed by atoms with van der Waals surface area (Å²) >= 11 is 2.30. The van der Waals surface area contributed by atoms with Crippen LogP contribution >= 0.6 is 22.6 Å². The second-order valence-corrected chi connectivity index (χ2v) is 8.17. The zero-order chi connectivity index (χ0) is 16.4. The van der Waals surface area contributed by atoms with Crippen LogP contribution in [0.25, 0.3) is 0 Å². The smallest absolute Gasteiger partial charge is 0.306 e. The Kier molecular flexibility index (Phi) is 5.62. The molecule has 0 aliphatic heterocycles. The second-order valence-electron chi connectivity index (χ2n) is 7.01. The Hall–Kier alpha value is -0.620. The molecule has 0 spiro atoms. The van der Waals surface area contributed by atoms with Gasteiger partial charge in [0.15, 0.2) is 0 Å². The Morgan fingerprint density at radius 1 is 1.30 bits per heavy atom. The molecule has 4 heteroatoms. The quantitative estimate of drug-likeness (QED) is 0.485. The first kappa shape index (κ1) is 17.2. The van der Waals surface area contributed by atoms with E-state index in [1.54, 1.807) is 7.11 Å². The molecule has 3 unspecified atom stereocenters. The third-order valence-electron chi connectivity index (χ3n) is 5.52. The number of esters is 1. The fourth-order valence-electron chi connectivity index (χ4n) is 4.44. The van der Waals surface area contributed by atoms with Gasteiger partial charge in [0.25, 0.3) is 0 Å². The normalized spacial score (nSPS) is 28.6. The van der Waals surface area contributed by atoms with Crippen molar-refractivity contribution >= 4 is 28.6 Å². The fourth-order valence-corrected chi connectivity index (χ4v) is 5.13. The highest BCUT2D eigenvalue weighted by molar-refractivity contribution is 14.1. The van der Waals surface area contributed by atoms with Gasteiger partial charge >= 0.3 is 5.97 Å². The van der Waals surface area contributed by atoms with Gasteiger partial charge in [0.05, 0.1) is 0 Å². The van der Waals surface area contributed by atoms with Crippen LogP contribution in [0, 0.1) is 21.3 Å². The van der Waals surface area contributed by atoms with Crippen molar-refractivity contribution in [2.75, 3.05) is 7.11 Å². The van der Waals surface area contributed by atoms with Gasteiger partial charge in [0.1, 0.15) is 12.2 Å². The van der Waals surface area contributed by atoms with Crippen molar-refractivity contribution in [1.82, 2.24) is 0 Å². The molecule has 2 fully saturated rings. The monoisotopic (exact) mass is 428 g/mol. The van der Waals surface area contributed by atoms with E-state index in [1.165, 1.54) is 25.7 Å². The highest BCUT2D eigenvalue weighted by Crippen LogP contribution is 2.49. The molecule has 5 atom stereocenters. The molecule has 126 valence electrons. The van der Waals surface area contributed by atoms with Crippen LogP contribution in [0.3, 0.4) is 0 Å². The molecule has 0 saturated heterocycles. The predicted octanol–water partition coefficient (Wildman–Crippen LogP) is 4.74. The number of benzene rings is 1. The van der Waals surface area contributed by atoms with E-state index in [0.29, 0.717) is 12.3 Å². The van der Waals surface area contributed by atoms with Gasteiger partial charge < -0.3 is 9.47 Å². The Balaban J connectivity index is 1.57. The lowest BCUT2D eigenvalue weighted by Gasteiger charge is -2.26. The molecule has 0 amide bonds. The second kappa shape index (κ2) is 7.51. The first-order valence-corrected chi connectivity index (χ1v) is 9.63. The molecular formula is C19H25IO3. The van der Waals surface area contributed by atoms with Crippen LogP contribution in [-0.2, 0) is 14.3 Å². The molecule has 0 N–H and O–H groups in total. The molecule has 2 aliphatic rings. The van der Waals surface area contributed by atoms with Gasteiger partial charge in [-0.1, -0.05) is 24.6 Å². The standard InChI is InChI=1S/C19H25IO3/c1-12(19(22-2)16-5-3-4-6-17(16)20)23-18(21)11-15-10-13-7-8-14(15)9-13/h3-6,12-15,19H,7-11H2,1-2H3/t12-,13?,14?,15?,19+/m0/s1. The summed E-state index contributed by atoms with van der Waals surface area (Å²) in [7, 11) is 1.67. The van der Waals surface area contributed by atoms with Crippen molar-refractivity contribution in [3.63, 3.8) is 0 Å². The Morgan fingerprint density at radius 2 is 2.09 bits per heavy atom. The van der Waals surface area contributed by atoms with Crippen molar-refractivity contribution in [2.45, 2.75) is 51.2 Å². The van der Waals surface area contributed by atoms with Crippen molar-refractivity contribution in [1.29, 1.82) is 0 Å². The van der Waals surface area contributed by atoms with Crippen molar-refractivity contribution in [3.8, 4) is 0 Å².